The molecule has 0 radical (unpaired) electrons. The third-order valence-corrected chi connectivity index (χ3v) is 4.62. The first-order valence-corrected chi connectivity index (χ1v) is 7.99. The van der Waals surface area contributed by atoms with Crippen LogP contribution in [0.15, 0.2) is 40.9 Å². The lowest BCUT2D eigenvalue weighted by Gasteiger charge is -2.25. The Kier molecular flexibility index (Phi) is 4.06. The molecule has 0 saturated heterocycles. The minimum Gasteiger partial charge on any atom is -0.352 e. The van der Waals surface area contributed by atoms with Crippen molar-refractivity contribution in [2.24, 2.45) is 5.92 Å². The fraction of sp³-hybridized carbons (Fsp3) is 0.353. The fourth-order valence-electron chi connectivity index (χ4n) is 2.63. The second-order valence-electron chi connectivity index (χ2n) is 5.55. The number of fused-ring (bicyclic) bond motifs is 1. The number of carbonyl (C=O) groups is 1. The van der Waals surface area contributed by atoms with Gasteiger partial charge in [-0.3, -0.25) is 4.79 Å². The van der Waals surface area contributed by atoms with Crippen LogP contribution in [0.4, 0.5) is 0 Å². The first-order chi connectivity index (χ1) is 9.72. The Hall–Kier alpha value is -1.35. The van der Waals surface area contributed by atoms with Crippen molar-refractivity contribution >= 4 is 32.6 Å². The second-order valence-corrected chi connectivity index (χ2v) is 6.46. The third kappa shape index (κ3) is 3.04. The van der Waals surface area contributed by atoms with Crippen molar-refractivity contribution in [1.29, 1.82) is 0 Å². The predicted molar refractivity (Wildman–Crippen MR) is 85.9 cm³/mol. The van der Waals surface area contributed by atoms with Crippen LogP contribution in [0.3, 0.4) is 0 Å². The van der Waals surface area contributed by atoms with Gasteiger partial charge in [-0.2, -0.15) is 0 Å². The van der Waals surface area contributed by atoms with Gasteiger partial charge in [0.1, 0.15) is 0 Å². The quantitative estimate of drug-likeness (QED) is 0.876. The highest BCUT2D eigenvalue weighted by molar-refractivity contribution is 9.10. The summed E-state index contributed by atoms with van der Waals surface area (Å²) in [5.41, 5.74) is 0.744. The maximum Gasteiger partial charge on any atom is 0.251 e. The van der Waals surface area contributed by atoms with Gasteiger partial charge in [0, 0.05) is 16.6 Å². The van der Waals surface area contributed by atoms with Gasteiger partial charge in [0.2, 0.25) is 0 Å². The molecule has 0 atom stereocenters. The summed E-state index contributed by atoms with van der Waals surface area (Å²) < 4.78 is 1.06. The van der Waals surface area contributed by atoms with Crippen molar-refractivity contribution in [2.45, 2.75) is 25.7 Å². The van der Waals surface area contributed by atoms with Gasteiger partial charge in [-0.15, -0.1) is 0 Å². The topological polar surface area (TPSA) is 29.1 Å². The number of carbonyl (C=O) groups excluding carboxylic acids is 1. The molecule has 3 heteroatoms. The zero-order valence-electron chi connectivity index (χ0n) is 11.4. The average Bonchev–Trinajstić information content (AvgIpc) is 2.40. The molecule has 104 valence electrons. The van der Waals surface area contributed by atoms with Crippen molar-refractivity contribution in [1.82, 2.24) is 5.32 Å². The molecule has 0 bridgehead atoms. The van der Waals surface area contributed by atoms with Crippen LogP contribution in [0.25, 0.3) is 10.8 Å². The molecule has 1 aliphatic rings. The maximum atomic E-state index is 12.1. The average molecular weight is 332 g/mol. The van der Waals surface area contributed by atoms with Crippen molar-refractivity contribution in [3.63, 3.8) is 0 Å². The molecule has 1 amide bonds. The molecule has 1 saturated carbocycles. The van der Waals surface area contributed by atoms with E-state index in [9.17, 15) is 4.79 Å². The number of rotatable bonds is 4. The molecule has 0 aliphatic heterocycles. The molecule has 0 spiro atoms. The predicted octanol–water partition coefficient (Wildman–Crippen LogP) is 4.52. The van der Waals surface area contributed by atoms with Gasteiger partial charge < -0.3 is 5.32 Å². The number of benzene rings is 2. The van der Waals surface area contributed by atoms with Crippen LogP contribution in [0.5, 0.6) is 0 Å². The molecule has 1 N–H and O–H groups in total. The van der Waals surface area contributed by atoms with E-state index in [1.54, 1.807) is 0 Å². The zero-order chi connectivity index (χ0) is 13.9. The van der Waals surface area contributed by atoms with Crippen molar-refractivity contribution < 1.29 is 4.79 Å². The van der Waals surface area contributed by atoms with Crippen molar-refractivity contribution in [2.75, 3.05) is 6.54 Å². The van der Waals surface area contributed by atoms with Gasteiger partial charge >= 0.3 is 0 Å². The molecule has 2 aromatic rings. The van der Waals surface area contributed by atoms with E-state index in [2.05, 4.69) is 27.3 Å². The summed E-state index contributed by atoms with van der Waals surface area (Å²) in [6.07, 6.45) is 5.15. The number of halogens is 1. The van der Waals surface area contributed by atoms with E-state index in [4.69, 9.17) is 0 Å². The minimum absolute atomic E-state index is 0.0362. The van der Waals surface area contributed by atoms with E-state index in [-0.39, 0.29) is 5.91 Å². The van der Waals surface area contributed by atoms with Gasteiger partial charge in [0.05, 0.1) is 0 Å². The van der Waals surface area contributed by atoms with Crippen LogP contribution in [-0.2, 0) is 0 Å². The Balaban J connectivity index is 1.66. The van der Waals surface area contributed by atoms with Gasteiger partial charge in [0.15, 0.2) is 0 Å². The summed E-state index contributed by atoms with van der Waals surface area (Å²) in [5.74, 6) is 0.874. The van der Waals surface area contributed by atoms with Gasteiger partial charge in [-0.1, -0.05) is 47.3 Å². The normalized spacial score (nSPS) is 15.1. The largest absolute Gasteiger partial charge is 0.352 e. The minimum atomic E-state index is 0.0362. The monoisotopic (exact) mass is 331 g/mol. The molecule has 0 heterocycles. The lowest BCUT2D eigenvalue weighted by atomic mass is 9.83. The molecule has 2 aromatic carbocycles. The molecule has 0 aromatic heterocycles. The molecular weight excluding hydrogens is 314 g/mol. The number of nitrogens with one attached hydrogen (secondary N) is 1. The molecule has 20 heavy (non-hydrogen) atoms. The highest BCUT2D eigenvalue weighted by Crippen LogP contribution is 2.28. The Morgan fingerprint density at radius 3 is 2.65 bits per heavy atom. The maximum absolute atomic E-state index is 12.1. The summed E-state index contributed by atoms with van der Waals surface area (Å²) >= 11 is 3.46. The Morgan fingerprint density at radius 2 is 1.90 bits per heavy atom. The third-order valence-electron chi connectivity index (χ3n) is 4.13. The Bertz CT molecular complexity index is 634. The van der Waals surface area contributed by atoms with E-state index in [0.717, 1.165) is 39.7 Å². The highest BCUT2D eigenvalue weighted by Gasteiger charge is 2.17. The fourth-order valence-corrected chi connectivity index (χ4v) is 3.01. The lowest BCUT2D eigenvalue weighted by Crippen LogP contribution is -2.27. The molecule has 0 unspecified atom stereocenters. The van der Waals surface area contributed by atoms with E-state index in [1.807, 2.05) is 30.3 Å². The van der Waals surface area contributed by atoms with Crippen molar-refractivity contribution in [3.8, 4) is 0 Å². The molecule has 1 fully saturated rings. The molecule has 3 rings (SSSR count). The van der Waals surface area contributed by atoms with Crippen LogP contribution < -0.4 is 5.32 Å². The summed E-state index contributed by atoms with van der Waals surface area (Å²) in [7, 11) is 0. The van der Waals surface area contributed by atoms with Crippen LogP contribution in [0.2, 0.25) is 0 Å². The summed E-state index contributed by atoms with van der Waals surface area (Å²) in [4.78, 5) is 12.1. The Labute approximate surface area is 127 Å². The van der Waals surface area contributed by atoms with Crippen LogP contribution >= 0.6 is 15.9 Å². The van der Waals surface area contributed by atoms with Crippen LogP contribution in [0.1, 0.15) is 36.0 Å². The second kappa shape index (κ2) is 5.96. The number of hydrogen-bond acceptors (Lipinski definition) is 1. The van der Waals surface area contributed by atoms with Crippen LogP contribution in [0, 0.1) is 5.92 Å². The number of amides is 1. The van der Waals surface area contributed by atoms with E-state index in [0.29, 0.717) is 0 Å². The standard InChI is InChI=1S/C17H18BrNO/c18-16-7-6-13-10-15(5-4-14(13)11-16)17(20)19-9-8-12-2-1-3-12/h4-7,10-12H,1-3,8-9H2,(H,19,20). The van der Waals surface area contributed by atoms with E-state index in [1.165, 1.54) is 19.3 Å². The first-order valence-electron chi connectivity index (χ1n) is 7.20. The van der Waals surface area contributed by atoms with Crippen molar-refractivity contribution in [3.05, 3.63) is 46.4 Å². The summed E-state index contributed by atoms with van der Waals surface area (Å²) in [5, 5.41) is 5.27. The van der Waals surface area contributed by atoms with Gasteiger partial charge in [0.25, 0.3) is 5.91 Å². The first kappa shape index (κ1) is 13.6. The summed E-state index contributed by atoms with van der Waals surface area (Å²) in [6.45, 7) is 0.794. The van der Waals surface area contributed by atoms with Crippen LogP contribution in [-0.4, -0.2) is 12.5 Å². The zero-order valence-corrected chi connectivity index (χ0v) is 12.9. The molecule has 2 nitrogen and oxygen atoms in total. The smallest absolute Gasteiger partial charge is 0.251 e. The summed E-state index contributed by atoms with van der Waals surface area (Å²) in [6, 6.07) is 12.0. The Morgan fingerprint density at radius 1 is 1.15 bits per heavy atom. The molecule has 1 aliphatic carbocycles. The highest BCUT2D eigenvalue weighted by atomic mass is 79.9. The number of hydrogen-bond donors (Lipinski definition) is 1. The van der Waals surface area contributed by atoms with E-state index >= 15 is 0 Å². The van der Waals surface area contributed by atoms with Gasteiger partial charge in [-0.05, 0) is 47.4 Å². The van der Waals surface area contributed by atoms with E-state index < -0.39 is 0 Å². The SMILES string of the molecule is O=C(NCCC1CCC1)c1ccc2cc(Br)ccc2c1. The lowest BCUT2D eigenvalue weighted by molar-refractivity contribution is 0.0949. The van der Waals surface area contributed by atoms with Gasteiger partial charge in [-0.25, -0.2) is 0 Å². The molecular formula is C17H18BrNO.